The van der Waals surface area contributed by atoms with Gasteiger partial charge >= 0.3 is 0 Å². The molecule has 14 heavy (non-hydrogen) atoms. The second kappa shape index (κ2) is 4.39. The smallest absolute Gasteiger partial charge is 0.133 e. The van der Waals surface area contributed by atoms with Gasteiger partial charge in [0.1, 0.15) is 5.82 Å². The summed E-state index contributed by atoms with van der Waals surface area (Å²) in [6.07, 6.45) is 4.38. The summed E-state index contributed by atoms with van der Waals surface area (Å²) in [4.78, 5) is 6.74. The fourth-order valence-electron chi connectivity index (χ4n) is 1.89. The van der Waals surface area contributed by atoms with Crippen LogP contribution in [-0.4, -0.2) is 18.1 Å². The van der Waals surface area contributed by atoms with Crippen molar-refractivity contribution in [2.24, 2.45) is 5.84 Å². The molecule has 1 aromatic heterocycles. The van der Waals surface area contributed by atoms with E-state index in [4.69, 9.17) is 5.84 Å². The number of nitrogens with zero attached hydrogens (tertiary/aromatic N) is 2. The third-order valence-corrected chi connectivity index (χ3v) is 2.57. The van der Waals surface area contributed by atoms with Crippen molar-refractivity contribution in [3.63, 3.8) is 0 Å². The van der Waals surface area contributed by atoms with Crippen molar-refractivity contribution in [2.45, 2.75) is 19.4 Å². The van der Waals surface area contributed by atoms with Crippen molar-refractivity contribution >= 4 is 5.82 Å². The molecule has 0 unspecified atom stereocenters. The molecule has 0 saturated carbocycles. The zero-order valence-corrected chi connectivity index (χ0v) is 8.24. The minimum absolute atomic E-state index is 0.680. The SMILES string of the molecule is NNCc1cccnc1N1CCCC1. The van der Waals surface area contributed by atoms with Gasteiger partial charge in [-0.3, -0.25) is 11.3 Å². The third kappa shape index (κ3) is 1.86. The van der Waals surface area contributed by atoms with Gasteiger partial charge in [0.25, 0.3) is 0 Å². The highest BCUT2D eigenvalue weighted by Crippen LogP contribution is 2.21. The molecule has 0 radical (unpaired) electrons. The van der Waals surface area contributed by atoms with Gasteiger partial charge in [-0.2, -0.15) is 0 Å². The fraction of sp³-hybridized carbons (Fsp3) is 0.500. The number of rotatable bonds is 3. The zero-order valence-electron chi connectivity index (χ0n) is 8.24. The van der Waals surface area contributed by atoms with Gasteiger partial charge in [-0.25, -0.2) is 4.98 Å². The van der Waals surface area contributed by atoms with Crippen LogP contribution >= 0.6 is 0 Å². The summed E-state index contributed by atoms with van der Waals surface area (Å²) in [5.41, 5.74) is 3.86. The lowest BCUT2D eigenvalue weighted by atomic mass is 10.2. The van der Waals surface area contributed by atoms with Crippen molar-refractivity contribution < 1.29 is 0 Å². The van der Waals surface area contributed by atoms with E-state index in [0.717, 1.165) is 18.9 Å². The van der Waals surface area contributed by atoms with E-state index < -0.39 is 0 Å². The fourth-order valence-corrected chi connectivity index (χ4v) is 1.89. The van der Waals surface area contributed by atoms with E-state index in [2.05, 4.69) is 21.4 Å². The molecule has 0 amide bonds. The predicted octanol–water partition coefficient (Wildman–Crippen LogP) is 0.645. The van der Waals surface area contributed by atoms with Crippen molar-refractivity contribution in [3.8, 4) is 0 Å². The standard InChI is InChI=1S/C10H16N4/c11-13-8-9-4-3-5-12-10(9)14-6-1-2-7-14/h3-5,13H,1-2,6-8,11H2. The Labute approximate surface area is 84.1 Å². The maximum Gasteiger partial charge on any atom is 0.133 e. The first kappa shape index (κ1) is 9.43. The summed E-state index contributed by atoms with van der Waals surface area (Å²) in [5, 5.41) is 0. The largest absolute Gasteiger partial charge is 0.356 e. The highest BCUT2D eigenvalue weighted by Gasteiger charge is 2.15. The summed E-state index contributed by atoms with van der Waals surface area (Å²) >= 11 is 0. The van der Waals surface area contributed by atoms with Crippen LogP contribution in [0.15, 0.2) is 18.3 Å². The number of aromatic nitrogens is 1. The van der Waals surface area contributed by atoms with Crippen LogP contribution in [0.4, 0.5) is 5.82 Å². The maximum atomic E-state index is 5.33. The van der Waals surface area contributed by atoms with Crippen LogP contribution in [-0.2, 0) is 6.54 Å². The lowest BCUT2D eigenvalue weighted by Gasteiger charge is -2.19. The minimum Gasteiger partial charge on any atom is -0.356 e. The Morgan fingerprint density at radius 3 is 2.93 bits per heavy atom. The number of hydrogen-bond donors (Lipinski definition) is 2. The molecule has 0 atom stereocenters. The quantitative estimate of drug-likeness (QED) is 0.545. The Hall–Kier alpha value is -1.13. The minimum atomic E-state index is 0.680. The summed E-state index contributed by atoms with van der Waals surface area (Å²) in [6.45, 7) is 2.92. The Bertz CT molecular complexity index is 294. The van der Waals surface area contributed by atoms with E-state index in [-0.39, 0.29) is 0 Å². The molecule has 2 rings (SSSR count). The maximum absolute atomic E-state index is 5.33. The van der Waals surface area contributed by atoms with Crippen LogP contribution in [0, 0.1) is 0 Å². The molecule has 76 valence electrons. The van der Waals surface area contributed by atoms with Gasteiger partial charge in [-0.15, -0.1) is 0 Å². The van der Waals surface area contributed by atoms with Crippen molar-refractivity contribution in [1.29, 1.82) is 0 Å². The van der Waals surface area contributed by atoms with Crippen molar-refractivity contribution in [3.05, 3.63) is 23.9 Å². The first-order chi connectivity index (χ1) is 6.92. The lowest BCUT2D eigenvalue weighted by molar-refractivity contribution is 0.733. The second-order valence-electron chi connectivity index (χ2n) is 3.56. The molecule has 1 saturated heterocycles. The Morgan fingerprint density at radius 2 is 2.21 bits per heavy atom. The van der Waals surface area contributed by atoms with Crippen LogP contribution in [0.1, 0.15) is 18.4 Å². The van der Waals surface area contributed by atoms with Crippen LogP contribution < -0.4 is 16.2 Å². The number of nitrogens with two attached hydrogens (primary N) is 1. The molecule has 2 heterocycles. The summed E-state index contributed by atoms with van der Waals surface area (Å²) < 4.78 is 0. The molecule has 0 aromatic carbocycles. The number of hydrazine groups is 1. The number of hydrogen-bond acceptors (Lipinski definition) is 4. The second-order valence-corrected chi connectivity index (χ2v) is 3.56. The van der Waals surface area contributed by atoms with Crippen molar-refractivity contribution in [1.82, 2.24) is 10.4 Å². The molecule has 4 nitrogen and oxygen atoms in total. The molecule has 1 aliphatic heterocycles. The lowest BCUT2D eigenvalue weighted by Crippen LogP contribution is -2.25. The molecular formula is C10H16N4. The monoisotopic (exact) mass is 192 g/mol. The van der Waals surface area contributed by atoms with E-state index >= 15 is 0 Å². The van der Waals surface area contributed by atoms with Gasteiger partial charge in [0.05, 0.1) is 0 Å². The number of pyridine rings is 1. The van der Waals surface area contributed by atoms with E-state index in [1.807, 2.05) is 12.3 Å². The van der Waals surface area contributed by atoms with Crippen LogP contribution in [0.5, 0.6) is 0 Å². The molecule has 1 aliphatic rings. The topological polar surface area (TPSA) is 54.2 Å². The van der Waals surface area contributed by atoms with Gasteiger partial charge < -0.3 is 4.90 Å². The molecule has 0 spiro atoms. The Morgan fingerprint density at radius 1 is 1.43 bits per heavy atom. The molecule has 1 fully saturated rings. The average Bonchev–Trinajstić information content (AvgIpc) is 2.72. The summed E-state index contributed by atoms with van der Waals surface area (Å²) in [7, 11) is 0. The summed E-state index contributed by atoms with van der Waals surface area (Å²) in [5.74, 6) is 6.42. The molecule has 0 aliphatic carbocycles. The molecule has 1 aromatic rings. The Kier molecular flexibility index (Phi) is 2.96. The first-order valence-corrected chi connectivity index (χ1v) is 5.04. The highest BCUT2D eigenvalue weighted by atomic mass is 15.2. The Balaban J connectivity index is 2.21. The molecular weight excluding hydrogens is 176 g/mol. The average molecular weight is 192 g/mol. The highest BCUT2D eigenvalue weighted by molar-refractivity contribution is 5.47. The van der Waals surface area contributed by atoms with Gasteiger partial charge in [0.2, 0.25) is 0 Å². The van der Waals surface area contributed by atoms with E-state index in [1.165, 1.54) is 18.4 Å². The van der Waals surface area contributed by atoms with Crippen LogP contribution in [0.2, 0.25) is 0 Å². The molecule has 0 bridgehead atoms. The normalized spacial score (nSPS) is 16.2. The van der Waals surface area contributed by atoms with E-state index in [1.54, 1.807) is 0 Å². The van der Waals surface area contributed by atoms with Gasteiger partial charge in [-0.1, -0.05) is 6.07 Å². The van der Waals surface area contributed by atoms with Crippen LogP contribution in [0.25, 0.3) is 0 Å². The molecule has 3 N–H and O–H groups in total. The first-order valence-electron chi connectivity index (χ1n) is 5.04. The van der Waals surface area contributed by atoms with Crippen LogP contribution in [0.3, 0.4) is 0 Å². The molecule has 4 heteroatoms. The zero-order chi connectivity index (χ0) is 9.80. The van der Waals surface area contributed by atoms with Gasteiger partial charge in [-0.05, 0) is 18.9 Å². The number of anilines is 1. The number of nitrogens with one attached hydrogen (secondary N) is 1. The van der Waals surface area contributed by atoms with Crippen molar-refractivity contribution in [2.75, 3.05) is 18.0 Å². The third-order valence-electron chi connectivity index (χ3n) is 2.57. The van der Waals surface area contributed by atoms with E-state index in [0.29, 0.717) is 6.54 Å². The van der Waals surface area contributed by atoms with Gasteiger partial charge in [0.15, 0.2) is 0 Å². The predicted molar refractivity (Wildman–Crippen MR) is 56.7 cm³/mol. The van der Waals surface area contributed by atoms with Gasteiger partial charge in [0, 0.05) is 31.4 Å². The summed E-state index contributed by atoms with van der Waals surface area (Å²) in [6, 6.07) is 4.02. The van der Waals surface area contributed by atoms with E-state index in [9.17, 15) is 0 Å².